The fraction of sp³-hybridized carbons (Fsp3) is 0.233. The average Bonchev–Trinajstić information content (AvgIpc) is 3.21. The van der Waals surface area contributed by atoms with Gasteiger partial charge in [0, 0.05) is 38.5 Å². The molecule has 1 aliphatic rings. The van der Waals surface area contributed by atoms with Crippen LogP contribution in [0.15, 0.2) is 54.1 Å². The Morgan fingerprint density at radius 2 is 1.98 bits per heavy atom. The molecule has 0 aliphatic carbocycles. The number of aromatic nitrogens is 2. The topological polar surface area (TPSA) is 117 Å². The van der Waals surface area contributed by atoms with Gasteiger partial charge in [0.05, 0.1) is 30.9 Å². The molecule has 5 rings (SSSR count). The highest BCUT2D eigenvalue weighted by Crippen LogP contribution is 2.38. The first kappa shape index (κ1) is 28.1. The molecule has 0 bridgehead atoms. The van der Waals surface area contributed by atoms with Crippen LogP contribution in [0, 0.1) is 11.3 Å². The van der Waals surface area contributed by atoms with Gasteiger partial charge in [-0.15, -0.1) is 0 Å². The SMILES string of the molecule is CCCN1C(=O)Cn2c3ccccc3c3cc(C(=O)OC)nc(c32)C1C(=O)NC/C(C#N)=C/c1ccc(Cl)cc1Cl. The molecule has 2 amide bonds. The number of para-hydroxylation sites is 1. The second-order valence-corrected chi connectivity index (χ2v) is 10.4. The van der Waals surface area contributed by atoms with E-state index < -0.39 is 17.9 Å². The highest BCUT2D eigenvalue weighted by Gasteiger charge is 2.38. The zero-order valence-corrected chi connectivity index (χ0v) is 23.8. The van der Waals surface area contributed by atoms with Crippen molar-refractivity contribution in [2.75, 3.05) is 20.2 Å². The lowest BCUT2D eigenvalue weighted by Crippen LogP contribution is -2.44. The van der Waals surface area contributed by atoms with E-state index in [1.165, 1.54) is 12.0 Å². The van der Waals surface area contributed by atoms with Gasteiger partial charge in [0.15, 0.2) is 6.04 Å². The molecule has 9 nitrogen and oxygen atoms in total. The number of hydrogen-bond acceptors (Lipinski definition) is 6. The summed E-state index contributed by atoms with van der Waals surface area (Å²) in [4.78, 5) is 46.3. The van der Waals surface area contributed by atoms with Crippen LogP contribution in [0.3, 0.4) is 0 Å². The van der Waals surface area contributed by atoms with Gasteiger partial charge in [0.25, 0.3) is 0 Å². The summed E-state index contributed by atoms with van der Waals surface area (Å²) in [6, 6.07) is 15.0. The second kappa shape index (κ2) is 11.6. The van der Waals surface area contributed by atoms with Crippen LogP contribution in [0.25, 0.3) is 27.9 Å². The van der Waals surface area contributed by atoms with Crippen LogP contribution in [0.4, 0.5) is 0 Å². The fourth-order valence-corrected chi connectivity index (χ4v) is 5.62. The Kier molecular flexibility index (Phi) is 7.97. The zero-order chi connectivity index (χ0) is 29.3. The van der Waals surface area contributed by atoms with Crippen molar-refractivity contribution in [3.8, 4) is 6.07 Å². The maximum Gasteiger partial charge on any atom is 0.356 e. The molecule has 1 unspecified atom stereocenters. The van der Waals surface area contributed by atoms with Crippen molar-refractivity contribution in [1.82, 2.24) is 19.8 Å². The summed E-state index contributed by atoms with van der Waals surface area (Å²) in [6.45, 7) is 2.07. The number of fused-ring (bicyclic) bond motifs is 3. The Balaban J connectivity index is 1.62. The number of nitrogens with zero attached hydrogens (tertiary/aromatic N) is 4. The minimum absolute atomic E-state index is 0.00153. The number of benzene rings is 2. The molecule has 2 aromatic carbocycles. The van der Waals surface area contributed by atoms with Gasteiger partial charge in [-0.1, -0.05) is 54.4 Å². The number of amides is 2. The number of pyridine rings is 1. The summed E-state index contributed by atoms with van der Waals surface area (Å²) in [5, 5.41) is 14.9. The van der Waals surface area contributed by atoms with E-state index in [2.05, 4.69) is 16.4 Å². The molecule has 41 heavy (non-hydrogen) atoms. The van der Waals surface area contributed by atoms with E-state index in [-0.39, 0.29) is 42.5 Å². The fourth-order valence-electron chi connectivity index (χ4n) is 5.15. The molecule has 11 heteroatoms. The Morgan fingerprint density at radius 3 is 2.68 bits per heavy atom. The number of carbonyl (C=O) groups is 3. The van der Waals surface area contributed by atoms with E-state index >= 15 is 0 Å². The minimum Gasteiger partial charge on any atom is -0.464 e. The summed E-state index contributed by atoms with van der Waals surface area (Å²) in [5.74, 6) is -1.47. The van der Waals surface area contributed by atoms with Gasteiger partial charge in [-0.05, 0) is 42.3 Å². The smallest absolute Gasteiger partial charge is 0.356 e. The number of hydrogen-bond donors (Lipinski definition) is 1. The van der Waals surface area contributed by atoms with Crippen LogP contribution in [-0.2, 0) is 20.9 Å². The van der Waals surface area contributed by atoms with E-state index in [1.807, 2.05) is 35.8 Å². The average molecular weight is 590 g/mol. The third kappa shape index (κ3) is 5.24. The lowest BCUT2D eigenvalue weighted by molar-refractivity contribution is -0.141. The molecule has 0 radical (unpaired) electrons. The van der Waals surface area contributed by atoms with Crippen molar-refractivity contribution in [2.45, 2.75) is 25.9 Å². The predicted molar refractivity (Wildman–Crippen MR) is 156 cm³/mol. The van der Waals surface area contributed by atoms with Crippen LogP contribution in [-0.4, -0.2) is 52.4 Å². The maximum atomic E-state index is 13.9. The monoisotopic (exact) mass is 589 g/mol. The minimum atomic E-state index is -1.15. The Hall–Kier alpha value is -4.39. The molecule has 0 spiro atoms. The van der Waals surface area contributed by atoms with Crippen LogP contribution in [0.5, 0.6) is 0 Å². The number of halogens is 2. The number of ether oxygens (including phenoxy) is 1. The third-order valence-electron chi connectivity index (χ3n) is 6.96. The summed E-state index contributed by atoms with van der Waals surface area (Å²) < 4.78 is 6.80. The Morgan fingerprint density at radius 1 is 1.20 bits per heavy atom. The summed E-state index contributed by atoms with van der Waals surface area (Å²) in [6.07, 6.45) is 2.15. The molecule has 1 atom stereocenters. The van der Waals surface area contributed by atoms with Crippen LogP contribution >= 0.6 is 23.2 Å². The van der Waals surface area contributed by atoms with Crippen molar-refractivity contribution in [1.29, 1.82) is 5.26 Å². The quantitative estimate of drug-likeness (QED) is 0.231. The predicted octanol–water partition coefficient (Wildman–Crippen LogP) is 5.30. The molecule has 4 aromatic rings. The number of rotatable bonds is 7. The Labute approximate surface area is 245 Å². The molecule has 1 N–H and O–H groups in total. The third-order valence-corrected chi connectivity index (χ3v) is 7.52. The van der Waals surface area contributed by atoms with E-state index in [9.17, 15) is 19.6 Å². The number of carbonyl (C=O) groups excluding carboxylic acids is 3. The molecule has 0 saturated heterocycles. The molecule has 3 heterocycles. The van der Waals surface area contributed by atoms with E-state index in [0.29, 0.717) is 32.9 Å². The maximum absolute atomic E-state index is 13.9. The molecule has 0 saturated carbocycles. The highest BCUT2D eigenvalue weighted by molar-refractivity contribution is 6.35. The van der Waals surface area contributed by atoms with Gasteiger partial charge >= 0.3 is 5.97 Å². The van der Waals surface area contributed by atoms with Gasteiger partial charge < -0.3 is 19.5 Å². The lowest BCUT2D eigenvalue weighted by Gasteiger charge is -2.29. The number of esters is 1. The number of methoxy groups -OCH3 is 1. The summed E-state index contributed by atoms with van der Waals surface area (Å²) in [7, 11) is 1.26. The molecular weight excluding hydrogens is 565 g/mol. The van der Waals surface area contributed by atoms with Gasteiger partial charge in [0.1, 0.15) is 12.2 Å². The van der Waals surface area contributed by atoms with Crippen molar-refractivity contribution in [3.05, 3.63) is 81.1 Å². The largest absolute Gasteiger partial charge is 0.464 e. The standard InChI is InChI=1S/C30H25Cl2N5O4/c1-3-10-36-25(38)16-37-24-7-5-4-6-20(24)21-13-23(30(40)41-2)35-26(27(21)37)28(36)29(39)34-15-17(14-33)11-18-8-9-19(31)12-22(18)32/h4-9,11-13,28H,3,10,15-16H2,1-2H3,(H,34,39)/b17-11+. The zero-order valence-electron chi connectivity index (χ0n) is 22.3. The van der Waals surface area contributed by atoms with Crippen molar-refractivity contribution in [2.24, 2.45) is 0 Å². The first-order valence-corrected chi connectivity index (χ1v) is 13.7. The Bertz CT molecular complexity index is 1790. The van der Waals surface area contributed by atoms with Crippen LogP contribution < -0.4 is 5.32 Å². The first-order chi connectivity index (χ1) is 19.8. The van der Waals surface area contributed by atoms with E-state index in [0.717, 1.165) is 10.9 Å². The first-order valence-electron chi connectivity index (χ1n) is 12.9. The molecule has 0 fully saturated rings. The van der Waals surface area contributed by atoms with Crippen molar-refractivity contribution >= 4 is 68.9 Å². The van der Waals surface area contributed by atoms with E-state index in [4.69, 9.17) is 27.9 Å². The van der Waals surface area contributed by atoms with Gasteiger partial charge in [-0.3, -0.25) is 9.59 Å². The molecule has 2 aromatic heterocycles. The normalized spacial score (nSPS) is 15.1. The number of nitrogens with one attached hydrogen (secondary N) is 1. The summed E-state index contributed by atoms with van der Waals surface area (Å²) in [5.41, 5.74) is 2.47. The summed E-state index contributed by atoms with van der Waals surface area (Å²) >= 11 is 12.2. The van der Waals surface area contributed by atoms with Crippen LogP contribution in [0.2, 0.25) is 10.0 Å². The molecule has 1 aliphatic heterocycles. The lowest BCUT2D eigenvalue weighted by atomic mass is 10.0. The van der Waals surface area contributed by atoms with E-state index in [1.54, 1.807) is 30.3 Å². The van der Waals surface area contributed by atoms with Crippen LogP contribution in [0.1, 0.15) is 41.1 Å². The van der Waals surface area contributed by atoms with Gasteiger partial charge in [0.2, 0.25) is 11.8 Å². The van der Waals surface area contributed by atoms with Gasteiger partial charge in [-0.2, -0.15) is 5.26 Å². The van der Waals surface area contributed by atoms with Crippen molar-refractivity contribution < 1.29 is 19.1 Å². The second-order valence-electron chi connectivity index (χ2n) is 9.54. The number of nitriles is 1. The van der Waals surface area contributed by atoms with Crippen molar-refractivity contribution in [3.63, 3.8) is 0 Å². The van der Waals surface area contributed by atoms with Gasteiger partial charge in [-0.25, -0.2) is 9.78 Å². The molecule has 208 valence electrons. The highest BCUT2D eigenvalue weighted by atomic mass is 35.5. The molecular formula is C30H25Cl2N5O4.